The molecule has 0 amide bonds. The summed E-state index contributed by atoms with van der Waals surface area (Å²) < 4.78 is 56.2. The van der Waals surface area contributed by atoms with E-state index in [1.807, 2.05) is 0 Å². The number of aromatic nitrogens is 1. The van der Waals surface area contributed by atoms with Crippen LogP contribution in [0.15, 0.2) is 34.8 Å². The molecule has 2 aromatic rings. The lowest BCUT2D eigenvalue weighted by molar-refractivity contribution is -0.155. The van der Waals surface area contributed by atoms with E-state index in [4.69, 9.17) is 4.74 Å². The quantitative estimate of drug-likeness (QED) is 0.354. The fourth-order valence-corrected chi connectivity index (χ4v) is 3.77. The van der Waals surface area contributed by atoms with Gasteiger partial charge in [-0.05, 0) is 92.7 Å². The zero-order valence-electron chi connectivity index (χ0n) is 20.0. The van der Waals surface area contributed by atoms with Crippen molar-refractivity contribution in [1.82, 2.24) is 4.98 Å². The average Bonchev–Trinajstić information content (AvgIpc) is 2.63. The number of hydrogen-bond acceptors (Lipinski definition) is 5. The second kappa shape index (κ2) is 10.5. The molecule has 1 heterocycles. The second-order valence-corrected chi connectivity index (χ2v) is 13.0. The molecule has 0 saturated carbocycles. The highest BCUT2D eigenvalue weighted by atomic mass is 79.9. The Morgan fingerprint density at radius 2 is 1.71 bits per heavy atom. The van der Waals surface area contributed by atoms with E-state index >= 15 is 0 Å². The number of halogens is 3. The Balaban J connectivity index is 2.50. The molecule has 0 bridgehead atoms. The molecule has 0 aliphatic heterocycles. The molecule has 1 atom stereocenters. The summed E-state index contributed by atoms with van der Waals surface area (Å²) in [6.45, 7) is 8.24. The molecule has 1 aromatic carbocycles. The van der Waals surface area contributed by atoms with E-state index in [1.54, 1.807) is 32.9 Å². The molecule has 5 nitrogen and oxygen atoms in total. The zero-order valence-corrected chi connectivity index (χ0v) is 22.4. The lowest BCUT2D eigenvalue weighted by Gasteiger charge is -2.23. The largest absolute Gasteiger partial charge is 0.460 e. The fourth-order valence-electron chi connectivity index (χ4n) is 2.98. The van der Waals surface area contributed by atoms with Crippen molar-refractivity contribution in [1.29, 1.82) is 0 Å². The molecule has 0 unspecified atom stereocenters. The monoisotopic (exact) mass is 555 g/mol. The number of pyridine rings is 1. The van der Waals surface area contributed by atoms with Crippen LogP contribution in [0.1, 0.15) is 63.9 Å². The minimum Gasteiger partial charge on any atom is -0.460 e. The standard InChI is InChI=1S/C25H28BrF2NO4S/c1-24(2,3)33-22(30)14-17(11-16-12-18(27)15-19(28)13-16)23-21(26)8-7-20(29-23)9-10-25(4,5)34(6,31)32/h7-8,12-13,15,17H,11,14H2,1-6H3/t17-/m1/s1. The molecule has 9 heteroatoms. The summed E-state index contributed by atoms with van der Waals surface area (Å²) in [5.41, 5.74) is 0.394. The van der Waals surface area contributed by atoms with Gasteiger partial charge in [-0.2, -0.15) is 0 Å². The maximum absolute atomic E-state index is 13.8. The van der Waals surface area contributed by atoms with Gasteiger partial charge in [-0.1, -0.05) is 5.92 Å². The van der Waals surface area contributed by atoms with E-state index in [2.05, 4.69) is 32.8 Å². The van der Waals surface area contributed by atoms with Gasteiger partial charge in [0, 0.05) is 22.7 Å². The summed E-state index contributed by atoms with van der Waals surface area (Å²) in [6.07, 6.45) is 1.13. The number of ether oxygens (including phenoxy) is 1. The predicted molar refractivity (Wildman–Crippen MR) is 131 cm³/mol. The minimum atomic E-state index is -3.43. The van der Waals surface area contributed by atoms with Crippen LogP contribution in [0, 0.1) is 23.5 Å². The van der Waals surface area contributed by atoms with Gasteiger partial charge < -0.3 is 4.74 Å². The molecular weight excluding hydrogens is 528 g/mol. The van der Waals surface area contributed by atoms with Crippen LogP contribution >= 0.6 is 15.9 Å². The predicted octanol–water partition coefficient (Wildman–Crippen LogP) is 5.36. The molecule has 0 aliphatic carbocycles. The SMILES string of the molecule is CC(C)(C)OC(=O)C[C@@H](Cc1cc(F)cc(F)c1)c1nc(C#CC(C)(C)S(C)(=O)=O)ccc1Br. The van der Waals surface area contributed by atoms with Crippen LogP contribution in [0.25, 0.3) is 0 Å². The molecule has 0 aliphatic rings. The Labute approximate surface area is 208 Å². The summed E-state index contributed by atoms with van der Waals surface area (Å²) in [5.74, 6) is 3.00. The maximum Gasteiger partial charge on any atom is 0.306 e. The van der Waals surface area contributed by atoms with Gasteiger partial charge in [0.2, 0.25) is 0 Å². The first-order chi connectivity index (χ1) is 15.5. The molecule has 1 aromatic heterocycles. The topological polar surface area (TPSA) is 73.3 Å². The molecular formula is C25H28BrF2NO4S. The van der Waals surface area contributed by atoms with Crippen LogP contribution in [0.3, 0.4) is 0 Å². The number of nitrogens with zero attached hydrogens (tertiary/aromatic N) is 1. The Hall–Kier alpha value is -2.31. The van der Waals surface area contributed by atoms with E-state index in [9.17, 15) is 22.0 Å². The number of esters is 1. The highest BCUT2D eigenvalue weighted by molar-refractivity contribution is 9.10. The van der Waals surface area contributed by atoms with Crippen LogP contribution in [-0.2, 0) is 25.8 Å². The van der Waals surface area contributed by atoms with Crippen molar-refractivity contribution in [3.8, 4) is 11.8 Å². The van der Waals surface area contributed by atoms with Crippen LogP contribution in [0.5, 0.6) is 0 Å². The summed E-state index contributed by atoms with van der Waals surface area (Å²) in [6, 6.07) is 6.49. The molecule has 0 N–H and O–H groups in total. The van der Waals surface area contributed by atoms with Gasteiger partial charge in [0.1, 0.15) is 27.7 Å². The third kappa shape index (κ3) is 8.17. The summed E-state index contributed by atoms with van der Waals surface area (Å²) >= 11 is 3.44. The highest BCUT2D eigenvalue weighted by Crippen LogP contribution is 2.31. The van der Waals surface area contributed by atoms with Crippen molar-refractivity contribution < 1.29 is 26.7 Å². The van der Waals surface area contributed by atoms with Gasteiger partial charge in [0.05, 0.1) is 12.1 Å². The van der Waals surface area contributed by atoms with Crippen molar-refractivity contribution in [2.24, 2.45) is 0 Å². The van der Waals surface area contributed by atoms with Crippen molar-refractivity contribution in [2.45, 2.75) is 63.7 Å². The molecule has 0 saturated heterocycles. The van der Waals surface area contributed by atoms with Gasteiger partial charge >= 0.3 is 5.97 Å². The third-order valence-corrected chi connectivity index (χ3v) is 7.54. The van der Waals surface area contributed by atoms with Crippen molar-refractivity contribution in [3.63, 3.8) is 0 Å². The van der Waals surface area contributed by atoms with Crippen molar-refractivity contribution >= 4 is 31.7 Å². The number of rotatable bonds is 6. The summed E-state index contributed by atoms with van der Waals surface area (Å²) in [5, 5.41) is 0. The lowest BCUT2D eigenvalue weighted by Crippen LogP contribution is -2.28. The van der Waals surface area contributed by atoms with E-state index in [1.165, 1.54) is 26.0 Å². The Morgan fingerprint density at radius 3 is 2.24 bits per heavy atom. The molecule has 2 rings (SSSR count). The van der Waals surface area contributed by atoms with E-state index in [0.717, 1.165) is 12.3 Å². The smallest absolute Gasteiger partial charge is 0.306 e. The van der Waals surface area contributed by atoms with Crippen molar-refractivity contribution in [3.05, 3.63) is 63.4 Å². The van der Waals surface area contributed by atoms with Crippen LogP contribution < -0.4 is 0 Å². The van der Waals surface area contributed by atoms with E-state index < -0.39 is 43.7 Å². The normalized spacial score (nSPS) is 13.1. The Kier molecular flexibility index (Phi) is 8.65. The van der Waals surface area contributed by atoms with Crippen LogP contribution in [-0.4, -0.2) is 36.0 Å². The maximum atomic E-state index is 13.8. The molecule has 0 radical (unpaired) electrons. The number of carbonyl (C=O) groups is 1. The Morgan fingerprint density at radius 1 is 1.12 bits per heavy atom. The van der Waals surface area contributed by atoms with Gasteiger partial charge in [0.25, 0.3) is 0 Å². The van der Waals surface area contributed by atoms with Gasteiger partial charge in [0.15, 0.2) is 9.84 Å². The summed E-state index contributed by atoms with van der Waals surface area (Å²) in [7, 11) is -3.43. The molecule has 34 heavy (non-hydrogen) atoms. The molecule has 184 valence electrons. The van der Waals surface area contributed by atoms with Crippen molar-refractivity contribution in [2.75, 3.05) is 6.26 Å². The van der Waals surface area contributed by atoms with E-state index in [0.29, 0.717) is 21.4 Å². The lowest BCUT2D eigenvalue weighted by atomic mass is 9.92. The summed E-state index contributed by atoms with van der Waals surface area (Å²) in [4.78, 5) is 17.2. The molecule has 0 spiro atoms. The molecule has 0 fully saturated rings. The minimum absolute atomic E-state index is 0.0906. The number of benzene rings is 1. The van der Waals surface area contributed by atoms with Gasteiger partial charge in [-0.15, -0.1) is 0 Å². The third-order valence-electron chi connectivity index (χ3n) is 4.92. The number of sulfone groups is 1. The van der Waals surface area contributed by atoms with Gasteiger partial charge in [-0.3, -0.25) is 4.79 Å². The first-order valence-corrected chi connectivity index (χ1v) is 13.2. The zero-order chi connectivity index (χ0) is 25.9. The first kappa shape index (κ1) is 27.9. The number of hydrogen-bond donors (Lipinski definition) is 0. The Bertz CT molecular complexity index is 1220. The fraction of sp³-hybridized carbons (Fsp3) is 0.440. The number of carbonyl (C=O) groups excluding carboxylic acids is 1. The van der Waals surface area contributed by atoms with E-state index in [-0.39, 0.29) is 12.8 Å². The van der Waals surface area contributed by atoms with Gasteiger partial charge in [-0.25, -0.2) is 22.2 Å². The van der Waals surface area contributed by atoms with Crippen LogP contribution in [0.2, 0.25) is 0 Å². The second-order valence-electron chi connectivity index (χ2n) is 9.57. The average molecular weight is 556 g/mol. The first-order valence-electron chi connectivity index (χ1n) is 10.5. The highest BCUT2D eigenvalue weighted by Gasteiger charge is 2.28. The van der Waals surface area contributed by atoms with Crippen LogP contribution in [0.4, 0.5) is 8.78 Å².